The van der Waals surface area contributed by atoms with Crippen molar-refractivity contribution in [2.75, 3.05) is 0 Å². The molecule has 0 saturated carbocycles. The van der Waals surface area contributed by atoms with Crippen LogP contribution in [0.3, 0.4) is 0 Å². The molecule has 12 heavy (non-hydrogen) atoms. The zero-order chi connectivity index (χ0) is 9.19. The molecule has 1 aromatic heterocycles. The Morgan fingerprint density at radius 1 is 1.75 bits per heavy atom. The van der Waals surface area contributed by atoms with E-state index in [4.69, 9.17) is 16.9 Å². The highest BCUT2D eigenvalue weighted by Gasteiger charge is 2.20. The van der Waals surface area contributed by atoms with Gasteiger partial charge in [0, 0.05) is 6.20 Å². The van der Waals surface area contributed by atoms with Gasteiger partial charge in [-0.15, -0.1) is 11.6 Å². The average molecular weight is 293 g/mol. The Hall–Kier alpha value is -0.340. The Balaban J connectivity index is 3.13. The number of nitriles is 1. The molecule has 62 valence electrons. The highest BCUT2D eigenvalue weighted by atomic mass is 127. The van der Waals surface area contributed by atoms with Crippen LogP contribution in [0.5, 0.6) is 0 Å². The number of hydrogen-bond donors (Lipinski definition) is 0. The fourth-order valence-corrected chi connectivity index (χ4v) is 1.14. The fraction of sp³-hybridized carbons (Fsp3) is 0.250. The molecule has 0 saturated heterocycles. The first-order valence-electron chi connectivity index (χ1n) is 3.28. The summed E-state index contributed by atoms with van der Waals surface area (Å²) in [5.74, 6) is 0. The third kappa shape index (κ3) is 2.32. The first kappa shape index (κ1) is 9.75. The van der Waals surface area contributed by atoms with E-state index < -0.39 is 2.88 Å². The zero-order valence-corrected chi connectivity index (χ0v) is 9.30. The third-order valence-electron chi connectivity index (χ3n) is 1.34. The van der Waals surface area contributed by atoms with Gasteiger partial charge in [-0.3, -0.25) is 4.98 Å². The molecular weight excluding hydrogens is 286 g/mol. The first-order valence-corrected chi connectivity index (χ1v) is 4.74. The smallest absolute Gasteiger partial charge is 0.134 e. The van der Waals surface area contributed by atoms with Crippen molar-refractivity contribution in [2.45, 2.75) is 9.80 Å². The zero-order valence-electron chi connectivity index (χ0n) is 6.38. The van der Waals surface area contributed by atoms with Crippen molar-refractivity contribution in [1.29, 1.82) is 5.26 Å². The molecule has 1 rings (SSSR count). The van der Waals surface area contributed by atoms with E-state index in [1.54, 1.807) is 18.3 Å². The Morgan fingerprint density at radius 3 is 2.92 bits per heavy atom. The summed E-state index contributed by atoms with van der Waals surface area (Å²) in [6, 6.07) is 5.39. The molecule has 0 unspecified atom stereocenters. The van der Waals surface area contributed by atoms with Crippen molar-refractivity contribution >= 4 is 34.2 Å². The summed E-state index contributed by atoms with van der Waals surface area (Å²) in [6.45, 7) is 1.83. The number of hydrogen-bond acceptors (Lipinski definition) is 2. The SMILES string of the molecule is C[C@@](Cl)(I)c1cc(C#N)ccn1. The van der Waals surface area contributed by atoms with E-state index in [2.05, 4.69) is 27.6 Å². The molecule has 4 heteroatoms. The molecule has 2 nitrogen and oxygen atoms in total. The van der Waals surface area contributed by atoms with Crippen LogP contribution in [0.2, 0.25) is 0 Å². The molecule has 0 radical (unpaired) electrons. The van der Waals surface area contributed by atoms with E-state index in [9.17, 15) is 0 Å². The topological polar surface area (TPSA) is 36.7 Å². The Labute approximate surface area is 89.7 Å². The Morgan fingerprint density at radius 2 is 2.42 bits per heavy atom. The van der Waals surface area contributed by atoms with Crippen LogP contribution < -0.4 is 0 Å². The summed E-state index contributed by atoms with van der Waals surface area (Å²) in [6.07, 6.45) is 1.59. The summed E-state index contributed by atoms with van der Waals surface area (Å²) < 4.78 is -0.537. The quantitative estimate of drug-likeness (QED) is 0.589. The second kappa shape index (κ2) is 3.58. The minimum Gasteiger partial charge on any atom is -0.258 e. The van der Waals surface area contributed by atoms with Crippen LogP contribution in [0.15, 0.2) is 18.3 Å². The highest BCUT2D eigenvalue weighted by molar-refractivity contribution is 14.1. The maximum atomic E-state index is 8.60. The Kier molecular flexibility index (Phi) is 2.91. The predicted molar refractivity (Wildman–Crippen MR) is 56.2 cm³/mol. The molecule has 0 aliphatic heterocycles. The lowest BCUT2D eigenvalue weighted by molar-refractivity contribution is 0.962. The van der Waals surface area contributed by atoms with Crippen molar-refractivity contribution in [1.82, 2.24) is 4.98 Å². The van der Waals surface area contributed by atoms with Crippen LogP contribution in [0.25, 0.3) is 0 Å². The number of halogens is 2. The predicted octanol–water partition coefficient (Wildman–Crippen LogP) is 2.80. The van der Waals surface area contributed by atoms with Crippen LogP contribution in [0.1, 0.15) is 18.2 Å². The van der Waals surface area contributed by atoms with Crippen molar-refractivity contribution in [3.05, 3.63) is 29.6 Å². The normalized spacial score (nSPS) is 14.8. The van der Waals surface area contributed by atoms with Crippen LogP contribution in [0.4, 0.5) is 0 Å². The summed E-state index contributed by atoms with van der Waals surface area (Å²) in [5.41, 5.74) is 1.30. The molecular formula is C8H6ClIN2. The van der Waals surface area contributed by atoms with E-state index in [1.165, 1.54) is 0 Å². The lowest BCUT2D eigenvalue weighted by Crippen LogP contribution is -2.05. The van der Waals surface area contributed by atoms with Crippen molar-refractivity contribution in [3.8, 4) is 6.07 Å². The minimum atomic E-state index is -0.537. The molecule has 0 aromatic carbocycles. The molecule has 0 N–H and O–H groups in total. The van der Waals surface area contributed by atoms with Gasteiger partial charge >= 0.3 is 0 Å². The van der Waals surface area contributed by atoms with Crippen LogP contribution in [0, 0.1) is 11.3 Å². The van der Waals surface area contributed by atoms with Crippen molar-refractivity contribution < 1.29 is 0 Å². The van der Waals surface area contributed by atoms with Gasteiger partial charge in [-0.1, -0.05) is 22.6 Å². The van der Waals surface area contributed by atoms with E-state index in [0.29, 0.717) is 11.3 Å². The van der Waals surface area contributed by atoms with Gasteiger partial charge in [0.1, 0.15) is 2.88 Å². The van der Waals surface area contributed by atoms with Gasteiger partial charge in [0.15, 0.2) is 0 Å². The molecule has 1 atom stereocenters. The summed E-state index contributed by atoms with van der Waals surface area (Å²) in [7, 11) is 0. The second-order valence-electron chi connectivity index (χ2n) is 2.43. The second-order valence-corrected chi connectivity index (χ2v) is 5.98. The third-order valence-corrected chi connectivity index (χ3v) is 2.09. The number of nitrogens with zero attached hydrogens (tertiary/aromatic N) is 2. The molecule has 0 aliphatic carbocycles. The number of aromatic nitrogens is 1. The minimum absolute atomic E-state index is 0.537. The molecule has 0 spiro atoms. The maximum absolute atomic E-state index is 8.60. The van der Waals surface area contributed by atoms with Gasteiger partial charge in [-0.2, -0.15) is 5.26 Å². The molecule has 1 heterocycles. The monoisotopic (exact) mass is 292 g/mol. The first-order chi connectivity index (χ1) is 5.54. The fourth-order valence-electron chi connectivity index (χ4n) is 0.740. The van der Waals surface area contributed by atoms with Gasteiger partial charge in [-0.25, -0.2) is 0 Å². The van der Waals surface area contributed by atoms with Crippen molar-refractivity contribution in [3.63, 3.8) is 0 Å². The summed E-state index contributed by atoms with van der Waals surface area (Å²) in [4.78, 5) is 4.07. The summed E-state index contributed by atoms with van der Waals surface area (Å²) in [5, 5.41) is 8.60. The molecule has 1 aromatic rings. The highest BCUT2D eigenvalue weighted by Crippen LogP contribution is 2.34. The molecule has 0 fully saturated rings. The van der Waals surface area contributed by atoms with Crippen LogP contribution >= 0.6 is 34.2 Å². The number of rotatable bonds is 1. The van der Waals surface area contributed by atoms with E-state index in [-0.39, 0.29) is 0 Å². The van der Waals surface area contributed by atoms with E-state index in [1.807, 2.05) is 13.0 Å². The van der Waals surface area contributed by atoms with Crippen LogP contribution in [-0.4, -0.2) is 4.98 Å². The molecule has 0 amide bonds. The van der Waals surface area contributed by atoms with Gasteiger partial charge in [0.25, 0.3) is 0 Å². The standard InChI is InChI=1S/C8H6ClIN2/c1-8(9,10)7-4-6(5-11)2-3-12-7/h2-4H,1H3/t8-/m1/s1. The van der Waals surface area contributed by atoms with Crippen LogP contribution in [-0.2, 0) is 2.88 Å². The van der Waals surface area contributed by atoms with Gasteiger partial charge in [0.05, 0.1) is 17.3 Å². The van der Waals surface area contributed by atoms with Crippen molar-refractivity contribution in [2.24, 2.45) is 0 Å². The molecule has 0 aliphatic rings. The van der Waals surface area contributed by atoms with E-state index in [0.717, 1.165) is 0 Å². The van der Waals surface area contributed by atoms with Gasteiger partial charge < -0.3 is 0 Å². The summed E-state index contributed by atoms with van der Waals surface area (Å²) >= 11 is 8.07. The van der Waals surface area contributed by atoms with E-state index >= 15 is 0 Å². The average Bonchev–Trinajstić information content (AvgIpc) is 2.03. The Bertz CT molecular complexity index is 325. The maximum Gasteiger partial charge on any atom is 0.134 e. The van der Waals surface area contributed by atoms with Gasteiger partial charge in [-0.05, 0) is 19.1 Å². The lowest BCUT2D eigenvalue weighted by atomic mass is 10.2. The largest absolute Gasteiger partial charge is 0.258 e. The number of alkyl halides is 2. The molecule has 0 bridgehead atoms. The van der Waals surface area contributed by atoms with Gasteiger partial charge in [0.2, 0.25) is 0 Å². The number of pyridine rings is 1. The lowest BCUT2D eigenvalue weighted by Gasteiger charge is -2.12.